The molecule has 1 aromatic rings. The minimum absolute atomic E-state index is 0.282. The van der Waals surface area contributed by atoms with Crippen LogP contribution < -0.4 is 0 Å². The Balaban J connectivity index is 3.17. The lowest BCUT2D eigenvalue weighted by atomic mass is 10.1. The molecule has 0 atom stereocenters. The fourth-order valence-electron chi connectivity index (χ4n) is 1.10. The largest absolute Gasteiger partial charge is 0.478 e. The molecule has 0 heterocycles. The van der Waals surface area contributed by atoms with Crippen LogP contribution in [-0.4, -0.2) is 11.1 Å². The maximum absolute atomic E-state index is 10.7. The van der Waals surface area contributed by atoms with Crippen molar-refractivity contribution in [3.8, 4) is 0 Å². The van der Waals surface area contributed by atoms with Gasteiger partial charge < -0.3 is 5.11 Å². The molecule has 0 amide bonds. The molecular weight excluding hydrogens is 188 g/mol. The zero-order valence-electron chi connectivity index (χ0n) is 6.96. The summed E-state index contributed by atoms with van der Waals surface area (Å²) in [6, 6.07) is 4.72. The zero-order valence-corrected chi connectivity index (χ0v) is 7.71. The first-order valence-corrected chi connectivity index (χ1v) is 4.15. The highest BCUT2D eigenvalue weighted by atomic mass is 35.5. The molecule has 0 aromatic heterocycles. The van der Waals surface area contributed by atoms with Crippen LogP contribution in [0.4, 0.5) is 0 Å². The summed E-state index contributed by atoms with van der Waals surface area (Å²) >= 11 is 5.73. The first-order valence-electron chi connectivity index (χ1n) is 3.77. The Bertz CT molecular complexity index is 345. The number of carboxylic acid groups (broad SMARTS) is 1. The molecule has 0 aliphatic carbocycles. The van der Waals surface area contributed by atoms with Gasteiger partial charge in [0.05, 0.1) is 5.56 Å². The molecule has 0 bridgehead atoms. The Kier molecular flexibility index (Phi) is 3.09. The summed E-state index contributed by atoms with van der Waals surface area (Å²) in [7, 11) is 0. The second kappa shape index (κ2) is 4.10. The molecule has 68 valence electrons. The van der Waals surface area contributed by atoms with Crippen LogP contribution in [0.15, 0.2) is 30.9 Å². The van der Waals surface area contributed by atoms with Crippen LogP contribution in [0.5, 0.6) is 0 Å². The minimum atomic E-state index is -0.937. The number of aromatic carboxylic acids is 1. The van der Waals surface area contributed by atoms with E-state index in [4.69, 9.17) is 16.7 Å². The van der Waals surface area contributed by atoms with Crippen molar-refractivity contribution >= 4 is 17.6 Å². The Labute approximate surface area is 81.5 Å². The third-order valence-corrected chi connectivity index (χ3v) is 1.90. The molecule has 2 nitrogen and oxygen atoms in total. The maximum atomic E-state index is 10.7. The number of benzene rings is 1. The van der Waals surface area contributed by atoms with Crippen LogP contribution in [0.3, 0.4) is 0 Å². The Morgan fingerprint density at radius 1 is 1.62 bits per heavy atom. The van der Waals surface area contributed by atoms with Crippen molar-refractivity contribution < 1.29 is 9.90 Å². The first kappa shape index (κ1) is 9.81. The van der Waals surface area contributed by atoms with E-state index in [-0.39, 0.29) is 5.56 Å². The summed E-state index contributed by atoms with van der Waals surface area (Å²) in [5.41, 5.74) is 0.972. The van der Waals surface area contributed by atoms with E-state index in [0.717, 1.165) is 0 Å². The van der Waals surface area contributed by atoms with Gasteiger partial charge in [0.2, 0.25) is 0 Å². The van der Waals surface area contributed by atoms with Crippen LogP contribution in [0.2, 0.25) is 5.02 Å². The van der Waals surface area contributed by atoms with E-state index in [1.807, 2.05) is 0 Å². The molecule has 0 aliphatic heterocycles. The van der Waals surface area contributed by atoms with Crippen molar-refractivity contribution in [3.05, 3.63) is 47.0 Å². The maximum Gasteiger partial charge on any atom is 0.335 e. The van der Waals surface area contributed by atoms with Crippen LogP contribution in [0.25, 0.3) is 0 Å². The van der Waals surface area contributed by atoms with E-state index >= 15 is 0 Å². The van der Waals surface area contributed by atoms with Gasteiger partial charge in [0.1, 0.15) is 0 Å². The Morgan fingerprint density at radius 2 is 2.31 bits per heavy atom. The predicted molar refractivity (Wildman–Crippen MR) is 52.3 cm³/mol. The van der Waals surface area contributed by atoms with Crippen LogP contribution in [0.1, 0.15) is 15.9 Å². The second-order valence-corrected chi connectivity index (χ2v) is 3.04. The van der Waals surface area contributed by atoms with E-state index < -0.39 is 5.97 Å². The van der Waals surface area contributed by atoms with Gasteiger partial charge >= 0.3 is 5.97 Å². The van der Waals surface area contributed by atoms with Crippen molar-refractivity contribution in [1.82, 2.24) is 0 Å². The highest BCUT2D eigenvalue weighted by Gasteiger charge is 2.08. The van der Waals surface area contributed by atoms with Crippen molar-refractivity contribution in [2.45, 2.75) is 6.42 Å². The zero-order chi connectivity index (χ0) is 9.84. The lowest BCUT2D eigenvalue weighted by Gasteiger charge is -2.03. The lowest BCUT2D eigenvalue weighted by Crippen LogP contribution is -2.01. The molecule has 1 rings (SSSR count). The normalized spacial score (nSPS) is 9.62. The Hall–Kier alpha value is -1.28. The highest BCUT2D eigenvalue weighted by Crippen LogP contribution is 2.16. The van der Waals surface area contributed by atoms with Crippen molar-refractivity contribution in [1.29, 1.82) is 0 Å². The number of allylic oxidation sites excluding steroid dienone is 1. The minimum Gasteiger partial charge on any atom is -0.478 e. The van der Waals surface area contributed by atoms with E-state index in [1.165, 1.54) is 6.07 Å². The molecule has 0 radical (unpaired) electrons. The van der Waals surface area contributed by atoms with Gasteiger partial charge in [0.25, 0.3) is 0 Å². The summed E-state index contributed by atoms with van der Waals surface area (Å²) in [5, 5.41) is 9.35. The second-order valence-electron chi connectivity index (χ2n) is 2.60. The number of hydrogen-bond donors (Lipinski definition) is 1. The number of hydrogen-bond acceptors (Lipinski definition) is 1. The summed E-state index contributed by atoms with van der Waals surface area (Å²) in [4.78, 5) is 10.7. The first-order chi connectivity index (χ1) is 6.15. The van der Waals surface area contributed by atoms with Gasteiger partial charge in [-0.2, -0.15) is 0 Å². The smallest absolute Gasteiger partial charge is 0.335 e. The summed E-state index contributed by atoms with van der Waals surface area (Å²) in [6.07, 6.45) is 2.17. The molecule has 0 spiro atoms. The highest BCUT2D eigenvalue weighted by molar-refractivity contribution is 6.30. The van der Waals surface area contributed by atoms with Gasteiger partial charge in [-0.1, -0.05) is 17.7 Å². The van der Waals surface area contributed by atoms with Gasteiger partial charge in [-0.15, -0.1) is 6.58 Å². The molecule has 0 fully saturated rings. The fraction of sp³-hybridized carbons (Fsp3) is 0.100. The van der Waals surface area contributed by atoms with E-state index in [1.54, 1.807) is 18.2 Å². The summed E-state index contributed by atoms with van der Waals surface area (Å²) < 4.78 is 0. The molecule has 0 saturated heterocycles. The molecule has 0 saturated carbocycles. The monoisotopic (exact) mass is 196 g/mol. The van der Waals surface area contributed by atoms with E-state index in [2.05, 4.69) is 6.58 Å². The number of rotatable bonds is 3. The van der Waals surface area contributed by atoms with Crippen molar-refractivity contribution in [2.75, 3.05) is 0 Å². The van der Waals surface area contributed by atoms with Gasteiger partial charge in [0.15, 0.2) is 0 Å². The topological polar surface area (TPSA) is 37.3 Å². The third-order valence-electron chi connectivity index (χ3n) is 1.66. The average molecular weight is 197 g/mol. The Morgan fingerprint density at radius 3 is 2.85 bits per heavy atom. The van der Waals surface area contributed by atoms with E-state index in [0.29, 0.717) is 17.0 Å². The number of carboxylic acids is 1. The van der Waals surface area contributed by atoms with Gasteiger partial charge in [-0.25, -0.2) is 4.79 Å². The van der Waals surface area contributed by atoms with Gasteiger partial charge in [0, 0.05) is 5.02 Å². The van der Waals surface area contributed by atoms with Crippen molar-refractivity contribution in [2.24, 2.45) is 0 Å². The predicted octanol–water partition coefficient (Wildman–Crippen LogP) is 2.77. The quantitative estimate of drug-likeness (QED) is 0.755. The SMILES string of the molecule is C=CCc1cc(Cl)ccc1C(=O)O. The number of carbonyl (C=O) groups is 1. The standard InChI is InChI=1S/C10H9ClO2/c1-2-3-7-6-8(11)4-5-9(7)10(12)13/h2,4-6H,1,3H2,(H,12,13). The van der Waals surface area contributed by atoms with E-state index in [9.17, 15) is 4.79 Å². The summed E-state index contributed by atoms with van der Waals surface area (Å²) in [5.74, 6) is -0.937. The van der Waals surface area contributed by atoms with Gasteiger partial charge in [-0.3, -0.25) is 0 Å². The average Bonchev–Trinajstić information content (AvgIpc) is 2.04. The molecule has 0 aliphatic rings. The molecule has 1 aromatic carbocycles. The molecule has 1 N–H and O–H groups in total. The van der Waals surface area contributed by atoms with Crippen molar-refractivity contribution in [3.63, 3.8) is 0 Å². The van der Waals surface area contributed by atoms with Crippen LogP contribution >= 0.6 is 11.6 Å². The molecule has 13 heavy (non-hydrogen) atoms. The van der Waals surface area contributed by atoms with Crippen LogP contribution in [-0.2, 0) is 6.42 Å². The lowest BCUT2D eigenvalue weighted by molar-refractivity contribution is 0.0696. The van der Waals surface area contributed by atoms with Gasteiger partial charge in [-0.05, 0) is 30.2 Å². The van der Waals surface area contributed by atoms with Crippen LogP contribution in [0, 0.1) is 0 Å². The molecule has 3 heteroatoms. The fourth-order valence-corrected chi connectivity index (χ4v) is 1.29. The number of halogens is 1. The molecular formula is C10H9ClO2. The summed E-state index contributed by atoms with van der Waals surface area (Å²) in [6.45, 7) is 3.55. The third kappa shape index (κ3) is 2.33. The molecule has 0 unspecified atom stereocenters.